The van der Waals surface area contributed by atoms with Gasteiger partial charge in [0.05, 0.1) is 11.9 Å². The van der Waals surface area contributed by atoms with Gasteiger partial charge >= 0.3 is 0 Å². The first kappa shape index (κ1) is 30.0. The van der Waals surface area contributed by atoms with E-state index in [1.54, 1.807) is 55.5 Å². The molecule has 8 nitrogen and oxygen atoms in total. The Morgan fingerprint density at radius 1 is 0.949 bits per heavy atom. The summed E-state index contributed by atoms with van der Waals surface area (Å²) in [6.07, 6.45) is 1.77. The highest BCUT2D eigenvalue weighted by atomic mass is 35.5. The summed E-state index contributed by atoms with van der Waals surface area (Å²) in [6.45, 7) is 5.05. The van der Waals surface area contributed by atoms with Crippen molar-refractivity contribution in [1.82, 2.24) is 10.2 Å². The van der Waals surface area contributed by atoms with E-state index in [2.05, 4.69) is 5.32 Å². The number of nitrogens with one attached hydrogen (secondary N) is 1. The average molecular weight is 572 g/mol. The van der Waals surface area contributed by atoms with Gasteiger partial charge in [-0.1, -0.05) is 48.9 Å². The van der Waals surface area contributed by atoms with Crippen molar-refractivity contribution < 1.29 is 22.7 Å². The molecule has 0 saturated heterocycles. The van der Waals surface area contributed by atoms with E-state index in [0.29, 0.717) is 27.8 Å². The minimum Gasteiger partial charge on any atom is -0.457 e. The van der Waals surface area contributed by atoms with Crippen LogP contribution in [0.2, 0.25) is 5.02 Å². The van der Waals surface area contributed by atoms with Gasteiger partial charge in [-0.25, -0.2) is 8.42 Å². The minimum absolute atomic E-state index is 0.0767. The van der Waals surface area contributed by atoms with Crippen LogP contribution >= 0.6 is 11.6 Å². The number of para-hydroxylation sites is 1. The molecule has 0 spiro atoms. The van der Waals surface area contributed by atoms with Gasteiger partial charge in [0.2, 0.25) is 21.8 Å². The van der Waals surface area contributed by atoms with Crippen molar-refractivity contribution in [2.75, 3.05) is 17.1 Å². The largest absolute Gasteiger partial charge is 0.457 e. The lowest BCUT2D eigenvalue weighted by Gasteiger charge is -2.32. The molecule has 0 heterocycles. The summed E-state index contributed by atoms with van der Waals surface area (Å²) < 4.78 is 32.4. The molecular formula is C29H34ClN3O5S. The van der Waals surface area contributed by atoms with E-state index in [4.69, 9.17) is 16.3 Å². The predicted octanol–water partition coefficient (Wildman–Crippen LogP) is 5.23. The Kier molecular flexibility index (Phi) is 10.4. The molecule has 0 saturated carbocycles. The van der Waals surface area contributed by atoms with Crippen molar-refractivity contribution in [3.8, 4) is 11.5 Å². The van der Waals surface area contributed by atoms with Crippen molar-refractivity contribution >= 4 is 39.1 Å². The van der Waals surface area contributed by atoms with Crippen LogP contribution in [-0.2, 0) is 26.2 Å². The van der Waals surface area contributed by atoms with Crippen molar-refractivity contribution in [1.29, 1.82) is 0 Å². The predicted molar refractivity (Wildman–Crippen MR) is 155 cm³/mol. The number of hydrogen-bond acceptors (Lipinski definition) is 5. The second-order valence-corrected chi connectivity index (χ2v) is 11.7. The zero-order valence-corrected chi connectivity index (χ0v) is 24.1. The van der Waals surface area contributed by atoms with Gasteiger partial charge in [-0.2, -0.15) is 0 Å². The summed E-state index contributed by atoms with van der Waals surface area (Å²) in [5, 5.41) is 3.39. The van der Waals surface area contributed by atoms with Crippen LogP contribution in [0, 0.1) is 0 Å². The number of hydrogen-bond donors (Lipinski definition) is 1. The molecule has 0 aliphatic rings. The zero-order chi connectivity index (χ0) is 28.6. The number of sulfonamides is 1. The Bertz CT molecular complexity index is 1370. The molecule has 3 aromatic carbocycles. The average Bonchev–Trinajstić information content (AvgIpc) is 2.90. The Morgan fingerprint density at radius 2 is 1.59 bits per heavy atom. The fourth-order valence-corrected chi connectivity index (χ4v) is 4.86. The smallest absolute Gasteiger partial charge is 0.244 e. The molecule has 2 atom stereocenters. The maximum Gasteiger partial charge on any atom is 0.244 e. The molecule has 3 rings (SSSR count). The second kappa shape index (κ2) is 13.5. The number of rotatable bonds is 12. The lowest BCUT2D eigenvalue weighted by Crippen LogP contribution is -2.52. The molecule has 10 heteroatoms. The van der Waals surface area contributed by atoms with Gasteiger partial charge < -0.3 is 15.0 Å². The molecule has 2 amide bonds. The summed E-state index contributed by atoms with van der Waals surface area (Å²) in [6, 6.07) is 21.7. The van der Waals surface area contributed by atoms with Gasteiger partial charge in [0.1, 0.15) is 24.1 Å². The topological polar surface area (TPSA) is 96.0 Å². The van der Waals surface area contributed by atoms with Crippen LogP contribution < -0.4 is 14.4 Å². The molecule has 3 aromatic rings. The van der Waals surface area contributed by atoms with E-state index in [0.717, 1.165) is 17.0 Å². The van der Waals surface area contributed by atoms with Gasteiger partial charge in [0.25, 0.3) is 0 Å². The summed E-state index contributed by atoms with van der Waals surface area (Å²) in [5.74, 6) is 0.300. The lowest BCUT2D eigenvalue weighted by molar-refractivity contribution is -0.139. The number of halogens is 1. The van der Waals surface area contributed by atoms with E-state index < -0.39 is 28.5 Å². The molecule has 0 unspecified atom stereocenters. The van der Waals surface area contributed by atoms with Crippen LogP contribution in [0.3, 0.4) is 0 Å². The first-order valence-electron chi connectivity index (χ1n) is 12.6. The molecule has 0 aliphatic heterocycles. The number of nitrogens with zero attached hydrogens (tertiary/aromatic N) is 2. The highest BCUT2D eigenvalue weighted by molar-refractivity contribution is 7.92. The summed E-state index contributed by atoms with van der Waals surface area (Å²) in [5.41, 5.74) is 1.01. The molecule has 39 heavy (non-hydrogen) atoms. The van der Waals surface area contributed by atoms with Crippen molar-refractivity contribution in [2.24, 2.45) is 0 Å². The third-order valence-electron chi connectivity index (χ3n) is 6.19. The molecule has 1 N–H and O–H groups in total. The third-order valence-corrected chi connectivity index (χ3v) is 7.57. The molecule has 0 aromatic heterocycles. The highest BCUT2D eigenvalue weighted by Crippen LogP contribution is 2.26. The minimum atomic E-state index is -3.84. The number of anilines is 1. The maximum atomic E-state index is 13.7. The van der Waals surface area contributed by atoms with Crippen LogP contribution in [0.25, 0.3) is 0 Å². The van der Waals surface area contributed by atoms with Crippen LogP contribution in [0.5, 0.6) is 11.5 Å². The first-order valence-corrected chi connectivity index (χ1v) is 14.9. The highest BCUT2D eigenvalue weighted by Gasteiger charge is 2.30. The molecular weight excluding hydrogens is 538 g/mol. The molecule has 0 fully saturated rings. The van der Waals surface area contributed by atoms with E-state index in [1.807, 2.05) is 44.2 Å². The fraction of sp³-hybridized carbons (Fsp3) is 0.310. The number of carbonyl (C=O) groups is 2. The first-order chi connectivity index (χ1) is 18.5. The van der Waals surface area contributed by atoms with Crippen LogP contribution in [0.1, 0.15) is 32.8 Å². The van der Waals surface area contributed by atoms with Gasteiger partial charge in [-0.05, 0) is 74.4 Å². The van der Waals surface area contributed by atoms with Gasteiger partial charge in [0.15, 0.2) is 0 Å². The maximum absolute atomic E-state index is 13.7. The zero-order valence-electron chi connectivity index (χ0n) is 22.5. The molecule has 0 radical (unpaired) electrons. The van der Waals surface area contributed by atoms with Crippen molar-refractivity contribution in [3.05, 3.63) is 89.4 Å². The standard InChI is InChI=1S/C29H34ClN3O5S/c1-5-21(2)31-29(35)22(3)32(19-23-10-9-11-24(30)18-23)28(34)20-33(39(4,36)37)25-14-16-27(17-15-25)38-26-12-7-6-8-13-26/h6-18,21-22H,5,19-20H2,1-4H3,(H,31,35)/t21-,22+/m1/s1. The van der Waals surface area contributed by atoms with E-state index in [-0.39, 0.29) is 18.5 Å². The third kappa shape index (κ3) is 8.73. The van der Waals surface area contributed by atoms with Crippen LogP contribution in [0.15, 0.2) is 78.9 Å². The second-order valence-electron chi connectivity index (χ2n) is 9.32. The Hall–Kier alpha value is -3.56. The monoisotopic (exact) mass is 571 g/mol. The van der Waals surface area contributed by atoms with E-state index in [1.165, 1.54) is 4.90 Å². The Morgan fingerprint density at radius 3 is 2.18 bits per heavy atom. The van der Waals surface area contributed by atoms with Gasteiger partial charge in [-0.15, -0.1) is 0 Å². The van der Waals surface area contributed by atoms with Gasteiger partial charge in [-0.3, -0.25) is 13.9 Å². The lowest BCUT2D eigenvalue weighted by atomic mass is 10.1. The number of ether oxygens (including phenoxy) is 1. The summed E-state index contributed by atoms with van der Waals surface area (Å²) in [4.78, 5) is 28.0. The number of carbonyl (C=O) groups excluding carboxylic acids is 2. The van der Waals surface area contributed by atoms with Gasteiger partial charge in [0, 0.05) is 17.6 Å². The molecule has 208 valence electrons. The SMILES string of the molecule is CC[C@@H](C)NC(=O)[C@H](C)N(Cc1cccc(Cl)c1)C(=O)CN(c1ccc(Oc2ccccc2)cc1)S(C)(=O)=O. The molecule has 0 aliphatic carbocycles. The fourth-order valence-electron chi connectivity index (χ4n) is 3.80. The molecule has 0 bridgehead atoms. The quantitative estimate of drug-likeness (QED) is 0.321. The van der Waals surface area contributed by atoms with Crippen molar-refractivity contribution in [3.63, 3.8) is 0 Å². The normalized spacial score (nSPS) is 12.7. The summed E-state index contributed by atoms with van der Waals surface area (Å²) >= 11 is 6.15. The number of benzene rings is 3. The Labute approximate surface area is 235 Å². The number of amides is 2. The van der Waals surface area contributed by atoms with E-state index >= 15 is 0 Å². The van der Waals surface area contributed by atoms with Crippen molar-refractivity contribution in [2.45, 2.75) is 45.8 Å². The van der Waals surface area contributed by atoms with E-state index in [9.17, 15) is 18.0 Å². The van der Waals surface area contributed by atoms with Crippen LogP contribution in [-0.4, -0.2) is 50.0 Å². The summed E-state index contributed by atoms with van der Waals surface area (Å²) in [7, 11) is -3.84. The van der Waals surface area contributed by atoms with Crippen LogP contribution in [0.4, 0.5) is 5.69 Å². The Balaban J connectivity index is 1.86.